The first-order valence-corrected chi connectivity index (χ1v) is 8.47. The summed E-state index contributed by atoms with van der Waals surface area (Å²) in [6.45, 7) is 4.78. The number of nitro groups is 1. The number of amides is 1. The molecule has 138 valence electrons. The molecule has 0 spiro atoms. The topological polar surface area (TPSA) is 119 Å². The predicted molar refractivity (Wildman–Crippen MR) is 89.1 cm³/mol. The lowest BCUT2D eigenvalue weighted by Crippen LogP contribution is -2.40. The van der Waals surface area contributed by atoms with Gasteiger partial charge >= 0.3 is 11.7 Å². The lowest BCUT2D eigenvalue weighted by Gasteiger charge is -2.32. The van der Waals surface area contributed by atoms with E-state index in [0.29, 0.717) is 37.4 Å². The fourth-order valence-corrected chi connectivity index (χ4v) is 3.38. The van der Waals surface area contributed by atoms with Crippen molar-refractivity contribution in [1.82, 2.24) is 14.7 Å². The van der Waals surface area contributed by atoms with Gasteiger partial charge in [0.05, 0.1) is 11.5 Å². The van der Waals surface area contributed by atoms with E-state index in [-0.39, 0.29) is 30.4 Å². The average molecular weight is 352 g/mol. The summed E-state index contributed by atoms with van der Waals surface area (Å²) >= 11 is 0. The van der Waals surface area contributed by atoms with Gasteiger partial charge in [0.1, 0.15) is 11.4 Å². The number of rotatable bonds is 7. The fourth-order valence-electron chi connectivity index (χ4n) is 3.38. The molecule has 1 amide bonds. The van der Waals surface area contributed by atoms with E-state index in [1.54, 1.807) is 18.7 Å². The molecule has 0 aliphatic carbocycles. The van der Waals surface area contributed by atoms with Gasteiger partial charge in [-0.25, -0.2) is 0 Å². The second-order valence-electron chi connectivity index (χ2n) is 6.53. The molecule has 0 bridgehead atoms. The first kappa shape index (κ1) is 18.9. The fraction of sp³-hybridized carbons (Fsp3) is 0.688. The van der Waals surface area contributed by atoms with Gasteiger partial charge in [-0.15, -0.1) is 0 Å². The first-order valence-electron chi connectivity index (χ1n) is 8.47. The Hall–Kier alpha value is -2.45. The van der Waals surface area contributed by atoms with Crippen LogP contribution in [0.3, 0.4) is 0 Å². The number of carboxylic acid groups (broad SMARTS) is 1. The van der Waals surface area contributed by atoms with Crippen LogP contribution in [0.15, 0.2) is 0 Å². The highest BCUT2D eigenvalue weighted by molar-refractivity contribution is 5.76. The van der Waals surface area contributed by atoms with E-state index in [9.17, 15) is 19.7 Å². The van der Waals surface area contributed by atoms with Crippen LogP contribution in [0.25, 0.3) is 0 Å². The molecule has 2 heterocycles. The Labute approximate surface area is 145 Å². The lowest BCUT2D eigenvalue weighted by molar-refractivity contribution is -0.386. The maximum absolute atomic E-state index is 12.4. The molecule has 9 heteroatoms. The molecule has 9 nitrogen and oxygen atoms in total. The molecule has 0 radical (unpaired) electrons. The Bertz CT molecular complexity index is 670. The number of carbonyl (C=O) groups excluding carboxylic acids is 1. The van der Waals surface area contributed by atoms with Gasteiger partial charge in [-0.1, -0.05) is 0 Å². The van der Waals surface area contributed by atoms with Gasteiger partial charge in [-0.3, -0.25) is 24.4 Å². The van der Waals surface area contributed by atoms with Crippen LogP contribution in [-0.4, -0.2) is 49.7 Å². The van der Waals surface area contributed by atoms with E-state index in [1.165, 1.54) is 4.68 Å². The van der Waals surface area contributed by atoms with Gasteiger partial charge in [0.15, 0.2) is 0 Å². The zero-order valence-corrected chi connectivity index (χ0v) is 14.6. The Morgan fingerprint density at radius 2 is 2.08 bits per heavy atom. The van der Waals surface area contributed by atoms with E-state index >= 15 is 0 Å². The van der Waals surface area contributed by atoms with Crippen molar-refractivity contribution < 1.29 is 19.6 Å². The maximum Gasteiger partial charge on any atom is 0.312 e. The number of hydrogen-bond acceptors (Lipinski definition) is 5. The van der Waals surface area contributed by atoms with E-state index in [0.717, 1.165) is 12.8 Å². The summed E-state index contributed by atoms with van der Waals surface area (Å²) in [5.74, 6) is -0.603. The Kier molecular flexibility index (Phi) is 6.11. The molecule has 1 fully saturated rings. The lowest BCUT2D eigenvalue weighted by atomic mass is 9.93. The van der Waals surface area contributed by atoms with E-state index in [1.807, 2.05) is 0 Å². The van der Waals surface area contributed by atoms with Crippen LogP contribution < -0.4 is 0 Å². The largest absolute Gasteiger partial charge is 0.481 e. The second-order valence-corrected chi connectivity index (χ2v) is 6.53. The molecule has 1 aromatic rings. The Morgan fingerprint density at radius 1 is 1.36 bits per heavy atom. The SMILES string of the molecule is Cc1nn(CCC(=O)N2CCCC(CCC(=O)O)C2)c(C)c1[N+](=O)[O-]. The summed E-state index contributed by atoms with van der Waals surface area (Å²) < 4.78 is 1.51. The molecule has 1 aromatic heterocycles. The van der Waals surface area contributed by atoms with Crippen molar-refractivity contribution in [3.8, 4) is 0 Å². The van der Waals surface area contributed by atoms with Gasteiger partial charge in [-0.05, 0) is 39.0 Å². The van der Waals surface area contributed by atoms with Crippen molar-refractivity contribution in [3.05, 3.63) is 21.5 Å². The van der Waals surface area contributed by atoms with Gasteiger partial charge in [0, 0.05) is 25.9 Å². The molecule has 1 saturated heterocycles. The monoisotopic (exact) mass is 352 g/mol. The highest BCUT2D eigenvalue weighted by Gasteiger charge is 2.25. The number of carbonyl (C=O) groups is 2. The molecule has 2 rings (SSSR count). The van der Waals surface area contributed by atoms with Crippen molar-refractivity contribution in [2.75, 3.05) is 13.1 Å². The third-order valence-corrected chi connectivity index (χ3v) is 4.70. The molecular weight excluding hydrogens is 328 g/mol. The minimum Gasteiger partial charge on any atom is -0.481 e. The zero-order chi connectivity index (χ0) is 18.6. The molecule has 25 heavy (non-hydrogen) atoms. The number of nitrogens with zero attached hydrogens (tertiary/aromatic N) is 4. The van der Waals surface area contributed by atoms with Gasteiger partial charge in [-0.2, -0.15) is 5.10 Å². The third-order valence-electron chi connectivity index (χ3n) is 4.70. The number of piperidine rings is 1. The van der Waals surface area contributed by atoms with Crippen LogP contribution in [-0.2, 0) is 16.1 Å². The van der Waals surface area contributed by atoms with Crippen LogP contribution in [0.4, 0.5) is 5.69 Å². The second kappa shape index (κ2) is 8.09. The number of hydrogen-bond donors (Lipinski definition) is 1. The summed E-state index contributed by atoms with van der Waals surface area (Å²) in [6, 6.07) is 0. The van der Waals surface area contributed by atoms with Crippen molar-refractivity contribution in [2.24, 2.45) is 5.92 Å². The number of aryl methyl sites for hydroxylation is 2. The van der Waals surface area contributed by atoms with Crippen LogP contribution >= 0.6 is 0 Å². The molecule has 1 N–H and O–H groups in total. The average Bonchev–Trinajstić information content (AvgIpc) is 2.84. The standard InChI is InChI=1S/C16H24N4O5/c1-11-16(20(24)25)12(2)19(17-11)9-7-14(21)18-8-3-4-13(10-18)5-6-15(22)23/h13H,3-10H2,1-2H3,(H,22,23). The zero-order valence-electron chi connectivity index (χ0n) is 14.6. The molecular formula is C16H24N4O5. The quantitative estimate of drug-likeness (QED) is 0.591. The third kappa shape index (κ3) is 4.77. The Morgan fingerprint density at radius 3 is 2.68 bits per heavy atom. The minimum atomic E-state index is -0.811. The van der Waals surface area contributed by atoms with Crippen molar-refractivity contribution in [2.45, 2.75) is 52.5 Å². The number of carboxylic acids is 1. The molecule has 0 aromatic carbocycles. The van der Waals surface area contributed by atoms with E-state index < -0.39 is 10.9 Å². The highest BCUT2D eigenvalue weighted by atomic mass is 16.6. The summed E-state index contributed by atoms with van der Waals surface area (Å²) in [6.07, 6.45) is 2.76. The molecule has 1 aliphatic rings. The molecule has 1 atom stereocenters. The van der Waals surface area contributed by atoms with Gasteiger partial charge < -0.3 is 10.0 Å². The van der Waals surface area contributed by atoms with Crippen molar-refractivity contribution in [1.29, 1.82) is 0 Å². The van der Waals surface area contributed by atoms with Gasteiger partial charge in [0.25, 0.3) is 0 Å². The smallest absolute Gasteiger partial charge is 0.312 e. The summed E-state index contributed by atoms with van der Waals surface area (Å²) in [7, 11) is 0. The Balaban J connectivity index is 1.91. The van der Waals surface area contributed by atoms with E-state index in [4.69, 9.17) is 5.11 Å². The maximum atomic E-state index is 12.4. The number of aliphatic carboxylic acids is 1. The summed E-state index contributed by atoms with van der Waals surface area (Å²) in [5, 5.41) is 24.0. The summed E-state index contributed by atoms with van der Waals surface area (Å²) in [5.41, 5.74) is 0.800. The van der Waals surface area contributed by atoms with Crippen molar-refractivity contribution >= 4 is 17.6 Å². The van der Waals surface area contributed by atoms with Gasteiger partial charge in [0.2, 0.25) is 5.91 Å². The number of likely N-dealkylation sites (tertiary alicyclic amines) is 1. The van der Waals surface area contributed by atoms with Crippen molar-refractivity contribution in [3.63, 3.8) is 0 Å². The number of aromatic nitrogens is 2. The molecule has 0 saturated carbocycles. The highest BCUT2D eigenvalue weighted by Crippen LogP contribution is 2.23. The van der Waals surface area contributed by atoms with Crippen LogP contribution in [0.2, 0.25) is 0 Å². The van der Waals surface area contributed by atoms with Crippen LogP contribution in [0.1, 0.15) is 43.5 Å². The predicted octanol–water partition coefficient (Wildman–Crippen LogP) is 1.90. The van der Waals surface area contributed by atoms with Crippen LogP contribution in [0.5, 0.6) is 0 Å². The minimum absolute atomic E-state index is 0.000781. The first-order chi connectivity index (χ1) is 11.8. The van der Waals surface area contributed by atoms with E-state index in [2.05, 4.69) is 5.10 Å². The summed E-state index contributed by atoms with van der Waals surface area (Å²) in [4.78, 5) is 35.5. The normalized spacial score (nSPS) is 17.5. The molecule has 1 aliphatic heterocycles. The van der Waals surface area contributed by atoms with Crippen LogP contribution in [0, 0.1) is 29.9 Å². The molecule has 1 unspecified atom stereocenters.